The van der Waals surface area contributed by atoms with Crippen molar-refractivity contribution in [3.05, 3.63) is 46.9 Å². The van der Waals surface area contributed by atoms with Gasteiger partial charge in [0.15, 0.2) is 4.21 Å². The minimum Gasteiger partial charge on any atom is -0.480 e. The number of nitrogens with zero attached hydrogens (tertiary/aromatic N) is 2. The van der Waals surface area contributed by atoms with Crippen molar-refractivity contribution in [2.45, 2.75) is 17.7 Å². The van der Waals surface area contributed by atoms with Gasteiger partial charge in [-0.05, 0) is 24.6 Å². The van der Waals surface area contributed by atoms with Crippen molar-refractivity contribution < 1.29 is 22.7 Å². The highest BCUT2D eigenvalue weighted by atomic mass is 32.2. The summed E-state index contributed by atoms with van der Waals surface area (Å²) in [6.07, 6.45) is 1.20. The van der Waals surface area contributed by atoms with Gasteiger partial charge >= 0.3 is 5.97 Å². The van der Waals surface area contributed by atoms with Gasteiger partial charge in [-0.3, -0.25) is 4.79 Å². The zero-order valence-corrected chi connectivity index (χ0v) is 13.2. The number of hydrogen-bond donors (Lipinski definition) is 1. The van der Waals surface area contributed by atoms with Gasteiger partial charge < -0.3 is 5.11 Å². The Labute approximate surface area is 130 Å². The van der Waals surface area contributed by atoms with Crippen LogP contribution in [0.2, 0.25) is 0 Å². The summed E-state index contributed by atoms with van der Waals surface area (Å²) in [5, 5.41) is 9.51. The van der Waals surface area contributed by atoms with Crippen LogP contribution in [0.25, 0.3) is 0 Å². The normalized spacial score (nSPS) is 11.8. The molecule has 0 spiro atoms. The number of aromatic nitrogens is 1. The second-order valence-corrected chi connectivity index (χ2v) is 7.89. The number of hydrogen-bond acceptors (Lipinski definition) is 5. The minimum absolute atomic E-state index is 0.0200. The molecule has 1 N–H and O–H groups in total. The quantitative estimate of drug-likeness (QED) is 0.864. The molecule has 2 aromatic rings. The van der Waals surface area contributed by atoms with Gasteiger partial charge in [-0.1, -0.05) is 12.1 Å². The van der Waals surface area contributed by atoms with Crippen molar-refractivity contribution in [3.8, 4) is 0 Å². The van der Waals surface area contributed by atoms with Crippen molar-refractivity contribution in [3.63, 3.8) is 0 Å². The highest BCUT2D eigenvalue weighted by molar-refractivity contribution is 7.91. The maximum absolute atomic E-state index is 12.9. The number of thiazole rings is 1. The van der Waals surface area contributed by atoms with Gasteiger partial charge in [0.05, 0.1) is 11.2 Å². The molecule has 0 saturated carbocycles. The van der Waals surface area contributed by atoms with Crippen LogP contribution in [-0.4, -0.2) is 35.3 Å². The molecule has 0 aliphatic rings. The molecule has 0 fully saturated rings. The van der Waals surface area contributed by atoms with E-state index >= 15 is 0 Å². The predicted molar refractivity (Wildman–Crippen MR) is 78.5 cm³/mol. The predicted octanol–water partition coefficient (Wildman–Crippen LogP) is 1.87. The van der Waals surface area contributed by atoms with Crippen LogP contribution in [0.3, 0.4) is 0 Å². The molecule has 2 rings (SSSR count). The topological polar surface area (TPSA) is 87.6 Å². The van der Waals surface area contributed by atoms with E-state index < -0.39 is 28.4 Å². The number of aliphatic carboxylic acids is 1. The SMILES string of the molecule is Cc1ncc(S(=O)(=O)N(CC(=O)O)Cc2ccc(F)cc2)s1. The standard InChI is InChI=1S/C13H13FN2O4S2/c1-9-15-6-13(21-9)22(19,20)16(8-12(17)18)7-10-2-4-11(14)5-3-10/h2-6H,7-8H2,1H3,(H,17,18). The van der Waals surface area contributed by atoms with Gasteiger partial charge in [0.1, 0.15) is 12.4 Å². The Bertz CT molecular complexity index is 772. The van der Waals surface area contributed by atoms with Crippen LogP contribution in [0.4, 0.5) is 4.39 Å². The molecule has 0 atom stereocenters. The third kappa shape index (κ3) is 3.87. The van der Waals surface area contributed by atoms with Crippen LogP contribution in [0.15, 0.2) is 34.7 Å². The first-order valence-corrected chi connectivity index (χ1v) is 8.43. The third-order valence-electron chi connectivity index (χ3n) is 2.78. The molecule has 0 aliphatic heterocycles. The Morgan fingerprint density at radius 3 is 2.50 bits per heavy atom. The summed E-state index contributed by atoms with van der Waals surface area (Å²) in [4.78, 5) is 14.8. The van der Waals surface area contributed by atoms with Crippen LogP contribution < -0.4 is 0 Å². The molecule has 0 amide bonds. The molecule has 0 saturated heterocycles. The second-order valence-electron chi connectivity index (χ2n) is 4.49. The number of carbonyl (C=O) groups is 1. The molecule has 6 nitrogen and oxygen atoms in total. The highest BCUT2D eigenvalue weighted by Gasteiger charge is 2.28. The molecule has 0 radical (unpaired) electrons. The van der Waals surface area contributed by atoms with Gasteiger partial charge in [0.25, 0.3) is 10.0 Å². The molecule has 1 heterocycles. The second kappa shape index (κ2) is 6.51. The first-order chi connectivity index (χ1) is 10.3. The van der Waals surface area contributed by atoms with Crippen molar-refractivity contribution >= 4 is 27.3 Å². The van der Waals surface area contributed by atoms with E-state index in [0.29, 0.717) is 10.6 Å². The number of sulfonamides is 1. The Morgan fingerprint density at radius 2 is 2.00 bits per heavy atom. The van der Waals surface area contributed by atoms with Crippen LogP contribution in [0.5, 0.6) is 0 Å². The number of rotatable bonds is 6. The smallest absolute Gasteiger partial charge is 0.318 e. The Hall–Kier alpha value is -1.84. The summed E-state index contributed by atoms with van der Waals surface area (Å²) in [7, 11) is -3.97. The molecule has 22 heavy (non-hydrogen) atoms. The fraction of sp³-hybridized carbons (Fsp3) is 0.231. The minimum atomic E-state index is -3.97. The molecule has 0 bridgehead atoms. The fourth-order valence-corrected chi connectivity index (χ4v) is 4.40. The molecular formula is C13H13FN2O4S2. The maximum Gasteiger partial charge on any atom is 0.318 e. The molecule has 118 valence electrons. The van der Waals surface area contributed by atoms with Gasteiger partial charge in [-0.25, -0.2) is 17.8 Å². The van der Waals surface area contributed by atoms with Crippen LogP contribution in [-0.2, 0) is 21.4 Å². The summed E-state index contributed by atoms with van der Waals surface area (Å²) < 4.78 is 38.7. The lowest BCUT2D eigenvalue weighted by Crippen LogP contribution is -2.34. The van der Waals surface area contributed by atoms with Gasteiger partial charge in [0.2, 0.25) is 0 Å². The van der Waals surface area contributed by atoms with Crippen molar-refractivity contribution in [1.82, 2.24) is 9.29 Å². The van der Waals surface area contributed by atoms with E-state index in [1.54, 1.807) is 6.92 Å². The average Bonchev–Trinajstić information content (AvgIpc) is 2.87. The van der Waals surface area contributed by atoms with Gasteiger partial charge in [-0.2, -0.15) is 4.31 Å². The molecule has 0 aliphatic carbocycles. The number of aryl methyl sites for hydroxylation is 1. The molecular weight excluding hydrogens is 331 g/mol. The van der Waals surface area contributed by atoms with E-state index in [1.165, 1.54) is 30.5 Å². The lowest BCUT2D eigenvalue weighted by Gasteiger charge is -2.19. The molecule has 1 aromatic heterocycles. The summed E-state index contributed by atoms with van der Waals surface area (Å²) in [6, 6.07) is 5.21. The Balaban J connectivity index is 2.33. The summed E-state index contributed by atoms with van der Waals surface area (Å²) >= 11 is 0.969. The molecule has 9 heteroatoms. The Morgan fingerprint density at radius 1 is 1.36 bits per heavy atom. The zero-order chi connectivity index (χ0) is 16.3. The molecule has 0 unspecified atom stereocenters. The monoisotopic (exact) mass is 344 g/mol. The van der Waals surface area contributed by atoms with E-state index in [2.05, 4.69) is 4.98 Å². The maximum atomic E-state index is 12.9. The number of carboxylic acids is 1. The fourth-order valence-electron chi connectivity index (χ4n) is 1.76. The van der Waals surface area contributed by atoms with Crippen LogP contribution in [0.1, 0.15) is 10.6 Å². The van der Waals surface area contributed by atoms with E-state index in [-0.39, 0.29) is 10.8 Å². The average molecular weight is 344 g/mol. The first kappa shape index (κ1) is 16.5. The van der Waals surface area contributed by atoms with Crippen molar-refractivity contribution in [2.75, 3.05) is 6.54 Å². The lowest BCUT2D eigenvalue weighted by atomic mass is 10.2. The van der Waals surface area contributed by atoms with Gasteiger partial charge in [-0.15, -0.1) is 11.3 Å². The number of carboxylic acid groups (broad SMARTS) is 1. The van der Waals surface area contributed by atoms with Crippen LogP contribution >= 0.6 is 11.3 Å². The Kier molecular flexibility index (Phi) is 4.89. The van der Waals surface area contributed by atoms with Crippen molar-refractivity contribution in [1.29, 1.82) is 0 Å². The van der Waals surface area contributed by atoms with Crippen LogP contribution in [0, 0.1) is 12.7 Å². The number of benzene rings is 1. The lowest BCUT2D eigenvalue weighted by molar-refractivity contribution is -0.137. The molecule has 1 aromatic carbocycles. The first-order valence-electron chi connectivity index (χ1n) is 6.18. The summed E-state index contributed by atoms with van der Waals surface area (Å²) in [5.74, 6) is -1.72. The van der Waals surface area contributed by atoms with E-state index in [9.17, 15) is 17.6 Å². The van der Waals surface area contributed by atoms with E-state index in [4.69, 9.17) is 5.11 Å². The van der Waals surface area contributed by atoms with Crippen molar-refractivity contribution in [2.24, 2.45) is 0 Å². The van der Waals surface area contributed by atoms with E-state index in [0.717, 1.165) is 15.6 Å². The van der Waals surface area contributed by atoms with Gasteiger partial charge in [0, 0.05) is 6.54 Å². The van der Waals surface area contributed by atoms with E-state index in [1.807, 2.05) is 0 Å². The number of halogens is 1. The highest BCUT2D eigenvalue weighted by Crippen LogP contribution is 2.23. The third-order valence-corrected chi connectivity index (χ3v) is 5.92. The largest absolute Gasteiger partial charge is 0.480 e. The zero-order valence-electron chi connectivity index (χ0n) is 11.6. The summed E-state index contributed by atoms with van der Waals surface area (Å²) in [5.41, 5.74) is 0.493. The summed E-state index contributed by atoms with van der Waals surface area (Å²) in [6.45, 7) is 0.813.